The maximum absolute atomic E-state index is 11.3. The molecule has 1 aliphatic rings. The fraction of sp³-hybridized carbons (Fsp3) is 0.462. The summed E-state index contributed by atoms with van der Waals surface area (Å²) in [7, 11) is 0. The van der Waals surface area contributed by atoms with Gasteiger partial charge >= 0.3 is 0 Å². The van der Waals surface area contributed by atoms with Crippen molar-refractivity contribution in [1.82, 2.24) is 4.90 Å². The van der Waals surface area contributed by atoms with Crippen LogP contribution in [0, 0.1) is 0 Å². The van der Waals surface area contributed by atoms with Crippen LogP contribution in [0.15, 0.2) is 18.2 Å². The first kappa shape index (κ1) is 12.7. The zero-order valence-corrected chi connectivity index (χ0v) is 10.5. The number of hydrogen-bond acceptors (Lipinski definition) is 4. The van der Waals surface area contributed by atoms with Crippen LogP contribution in [0.25, 0.3) is 0 Å². The van der Waals surface area contributed by atoms with Crippen LogP contribution < -0.4 is 16.8 Å². The van der Waals surface area contributed by atoms with E-state index in [9.17, 15) is 4.79 Å². The lowest BCUT2D eigenvalue weighted by molar-refractivity contribution is 0.100. The average Bonchev–Trinajstić information content (AvgIpc) is 2.84. The highest BCUT2D eigenvalue weighted by atomic mass is 16.1. The summed E-state index contributed by atoms with van der Waals surface area (Å²) in [5.74, 6) is -0.453. The monoisotopic (exact) mass is 248 g/mol. The minimum atomic E-state index is -0.453. The molecule has 1 heterocycles. The van der Waals surface area contributed by atoms with E-state index in [2.05, 4.69) is 10.2 Å². The van der Waals surface area contributed by atoms with E-state index in [1.54, 1.807) is 18.2 Å². The van der Waals surface area contributed by atoms with Gasteiger partial charge in [0, 0.05) is 24.5 Å². The van der Waals surface area contributed by atoms with Crippen molar-refractivity contribution in [2.24, 2.45) is 5.73 Å². The Labute approximate surface area is 107 Å². The van der Waals surface area contributed by atoms with Gasteiger partial charge in [0.25, 0.3) is 5.91 Å². The van der Waals surface area contributed by atoms with E-state index in [-0.39, 0.29) is 0 Å². The van der Waals surface area contributed by atoms with Crippen LogP contribution in [-0.4, -0.2) is 37.0 Å². The zero-order valence-electron chi connectivity index (χ0n) is 10.5. The topological polar surface area (TPSA) is 84.4 Å². The first-order valence-electron chi connectivity index (χ1n) is 6.32. The molecule has 0 aliphatic carbocycles. The van der Waals surface area contributed by atoms with Gasteiger partial charge in [0.15, 0.2) is 0 Å². The molecule has 98 valence electrons. The van der Waals surface area contributed by atoms with Gasteiger partial charge in [-0.3, -0.25) is 4.79 Å². The Morgan fingerprint density at radius 2 is 2.06 bits per heavy atom. The van der Waals surface area contributed by atoms with Gasteiger partial charge in [-0.2, -0.15) is 0 Å². The van der Waals surface area contributed by atoms with Crippen molar-refractivity contribution in [1.29, 1.82) is 0 Å². The third-order valence-corrected chi connectivity index (χ3v) is 3.25. The molecule has 0 atom stereocenters. The summed E-state index contributed by atoms with van der Waals surface area (Å²) in [6.45, 7) is 4.14. The number of likely N-dealkylation sites (tertiary alicyclic amines) is 1. The molecular formula is C13H20N4O. The van der Waals surface area contributed by atoms with E-state index >= 15 is 0 Å². The molecule has 5 nitrogen and oxygen atoms in total. The van der Waals surface area contributed by atoms with Crippen molar-refractivity contribution in [3.63, 3.8) is 0 Å². The Balaban J connectivity index is 1.93. The number of rotatable bonds is 5. The van der Waals surface area contributed by atoms with Crippen molar-refractivity contribution in [3.8, 4) is 0 Å². The smallest absolute Gasteiger partial charge is 0.250 e. The molecule has 18 heavy (non-hydrogen) atoms. The number of hydrogen-bond donors (Lipinski definition) is 3. The molecular weight excluding hydrogens is 228 g/mol. The predicted molar refractivity (Wildman–Crippen MR) is 73.5 cm³/mol. The minimum Gasteiger partial charge on any atom is -0.399 e. The summed E-state index contributed by atoms with van der Waals surface area (Å²) < 4.78 is 0. The molecule has 0 spiro atoms. The molecule has 5 N–H and O–H groups in total. The Hall–Kier alpha value is -1.75. The highest BCUT2D eigenvalue weighted by molar-refractivity contribution is 5.99. The Morgan fingerprint density at radius 3 is 2.72 bits per heavy atom. The van der Waals surface area contributed by atoms with Gasteiger partial charge in [-0.1, -0.05) is 0 Å². The van der Waals surface area contributed by atoms with Gasteiger partial charge in [-0.15, -0.1) is 0 Å². The molecule has 5 heteroatoms. The molecule has 0 radical (unpaired) electrons. The summed E-state index contributed by atoms with van der Waals surface area (Å²) in [4.78, 5) is 13.7. The molecule has 1 fully saturated rings. The molecule has 0 aromatic heterocycles. The Bertz CT molecular complexity index is 427. The summed E-state index contributed by atoms with van der Waals surface area (Å²) in [6.07, 6.45) is 2.57. The molecule has 1 aromatic carbocycles. The van der Waals surface area contributed by atoms with Crippen LogP contribution in [0.5, 0.6) is 0 Å². The second-order valence-electron chi connectivity index (χ2n) is 4.64. The Morgan fingerprint density at radius 1 is 1.33 bits per heavy atom. The van der Waals surface area contributed by atoms with Crippen molar-refractivity contribution >= 4 is 17.3 Å². The van der Waals surface area contributed by atoms with E-state index in [1.165, 1.54) is 25.9 Å². The van der Waals surface area contributed by atoms with Gasteiger partial charge in [0.05, 0.1) is 5.56 Å². The van der Waals surface area contributed by atoms with Crippen molar-refractivity contribution in [2.45, 2.75) is 12.8 Å². The SMILES string of the molecule is NC(=O)c1cc(N)ccc1NCCN1CCCC1. The lowest BCUT2D eigenvalue weighted by atomic mass is 10.1. The average molecular weight is 248 g/mol. The lowest BCUT2D eigenvalue weighted by Gasteiger charge is -2.16. The number of anilines is 2. The van der Waals surface area contributed by atoms with Crippen LogP contribution >= 0.6 is 0 Å². The summed E-state index contributed by atoms with van der Waals surface area (Å²) in [5.41, 5.74) is 12.7. The van der Waals surface area contributed by atoms with Crippen LogP contribution in [-0.2, 0) is 0 Å². The fourth-order valence-corrected chi connectivity index (χ4v) is 2.27. The first-order chi connectivity index (χ1) is 8.66. The maximum atomic E-state index is 11.3. The molecule has 1 amide bonds. The van der Waals surface area contributed by atoms with Gasteiger partial charge in [0.1, 0.15) is 0 Å². The molecule has 1 aliphatic heterocycles. The fourth-order valence-electron chi connectivity index (χ4n) is 2.27. The van der Waals surface area contributed by atoms with E-state index < -0.39 is 5.91 Å². The van der Waals surface area contributed by atoms with Crippen molar-refractivity contribution < 1.29 is 4.79 Å². The molecule has 1 aromatic rings. The quantitative estimate of drug-likeness (QED) is 0.675. The number of carbonyl (C=O) groups excluding carboxylic acids is 1. The number of nitrogens with zero attached hydrogens (tertiary/aromatic N) is 1. The third kappa shape index (κ3) is 3.13. The summed E-state index contributed by atoms with van der Waals surface area (Å²) in [6, 6.07) is 5.19. The largest absolute Gasteiger partial charge is 0.399 e. The maximum Gasteiger partial charge on any atom is 0.250 e. The van der Waals surface area contributed by atoms with Gasteiger partial charge in [0.2, 0.25) is 0 Å². The van der Waals surface area contributed by atoms with E-state index in [0.717, 1.165) is 18.8 Å². The molecule has 2 rings (SSSR count). The van der Waals surface area contributed by atoms with E-state index in [1.807, 2.05) is 0 Å². The number of carbonyl (C=O) groups is 1. The van der Waals surface area contributed by atoms with Crippen molar-refractivity contribution in [3.05, 3.63) is 23.8 Å². The van der Waals surface area contributed by atoms with Crippen LogP contribution in [0.4, 0.5) is 11.4 Å². The summed E-state index contributed by atoms with van der Waals surface area (Å²) in [5, 5.41) is 3.25. The number of primary amides is 1. The van der Waals surface area contributed by atoms with Gasteiger partial charge < -0.3 is 21.7 Å². The second kappa shape index (κ2) is 5.73. The number of benzene rings is 1. The number of amides is 1. The number of nitrogens with one attached hydrogen (secondary N) is 1. The number of nitrogens with two attached hydrogens (primary N) is 2. The summed E-state index contributed by atoms with van der Waals surface area (Å²) >= 11 is 0. The zero-order chi connectivity index (χ0) is 13.0. The van der Waals surface area contributed by atoms with Crippen LogP contribution in [0.2, 0.25) is 0 Å². The molecule has 0 saturated carbocycles. The van der Waals surface area contributed by atoms with Crippen LogP contribution in [0.1, 0.15) is 23.2 Å². The molecule has 0 bridgehead atoms. The lowest BCUT2D eigenvalue weighted by Crippen LogP contribution is -2.26. The van der Waals surface area contributed by atoms with Gasteiger partial charge in [-0.05, 0) is 44.1 Å². The normalized spacial score (nSPS) is 15.8. The second-order valence-corrected chi connectivity index (χ2v) is 4.64. The third-order valence-electron chi connectivity index (χ3n) is 3.25. The van der Waals surface area contributed by atoms with Crippen molar-refractivity contribution in [2.75, 3.05) is 37.2 Å². The highest BCUT2D eigenvalue weighted by Crippen LogP contribution is 2.18. The molecule has 0 unspecified atom stereocenters. The minimum absolute atomic E-state index is 0.453. The highest BCUT2D eigenvalue weighted by Gasteiger charge is 2.12. The first-order valence-corrected chi connectivity index (χ1v) is 6.32. The molecule has 1 saturated heterocycles. The van der Waals surface area contributed by atoms with E-state index in [0.29, 0.717) is 11.3 Å². The van der Waals surface area contributed by atoms with E-state index in [4.69, 9.17) is 11.5 Å². The number of nitrogen functional groups attached to an aromatic ring is 1. The Kier molecular flexibility index (Phi) is 4.04. The van der Waals surface area contributed by atoms with Gasteiger partial charge in [-0.25, -0.2) is 0 Å². The standard InChI is InChI=1S/C13H20N4O/c14-10-3-4-12(11(9-10)13(15)18)16-5-8-17-6-1-2-7-17/h3-4,9,16H,1-2,5-8,14H2,(H2,15,18). The van der Waals surface area contributed by atoms with Crippen LogP contribution in [0.3, 0.4) is 0 Å². The predicted octanol–water partition coefficient (Wildman–Crippen LogP) is 0.875.